The van der Waals surface area contributed by atoms with Gasteiger partial charge in [0.1, 0.15) is 12.4 Å². The number of fused-ring (bicyclic) bond motifs is 1. The van der Waals surface area contributed by atoms with E-state index in [1.807, 2.05) is 49.7 Å². The second-order valence-corrected chi connectivity index (χ2v) is 5.39. The summed E-state index contributed by atoms with van der Waals surface area (Å²) in [5, 5.41) is 9.16. The van der Waals surface area contributed by atoms with E-state index in [1.165, 1.54) is 0 Å². The molecule has 0 aliphatic rings. The number of hydrogen-bond donors (Lipinski definition) is 1. The summed E-state index contributed by atoms with van der Waals surface area (Å²) in [6.07, 6.45) is 0. The molecule has 0 aliphatic carbocycles. The normalized spacial score (nSPS) is 12.2. The van der Waals surface area contributed by atoms with E-state index in [0.29, 0.717) is 13.2 Å². The van der Waals surface area contributed by atoms with E-state index in [1.54, 1.807) is 0 Å². The molecule has 0 bridgehead atoms. The first-order valence-corrected chi connectivity index (χ1v) is 6.12. The number of aliphatic hydroxyl groups is 1. The Labute approximate surface area is 107 Å². The molecule has 0 saturated carbocycles. The predicted octanol–water partition coefficient (Wildman–Crippen LogP) is 2.11. The van der Waals surface area contributed by atoms with E-state index in [0.717, 1.165) is 16.9 Å². The molecule has 1 aromatic carbocycles. The van der Waals surface area contributed by atoms with Crippen LogP contribution in [0.15, 0.2) is 24.3 Å². The van der Waals surface area contributed by atoms with Gasteiger partial charge in [0.25, 0.3) is 0 Å². The van der Waals surface area contributed by atoms with Crippen LogP contribution < -0.4 is 0 Å². The fraction of sp³-hybridized carbons (Fsp3) is 0.500. The van der Waals surface area contributed by atoms with Crippen molar-refractivity contribution in [3.8, 4) is 0 Å². The molecule has 0 fully saturated rings. The number of aryl methyl sites for hydroxylation is 1. The van der Waals surface area contributed by atoms with E-state index in [-0.39, 0.29) is 12.0 Å². The lowest BCUT2D eigenvalue weighted by molar-refractivity contribution is 0.0167. The number of para-hydroxylation sites is 2. The average Bonchev–Trinajstić information content (AvgIpc) is 2.67. The monoisotopic (exact) mass is 248 g/mol. The summed E-state index contributed by atoms with van der Waals surface area (Å²) in [6.45, 7) is 5.06. The van der Waals surface area contributed by atoms with Crippen LogP contribution in [0, 0.1) is 5.41 Å². The SMILES string of the molecule is Cn1c(COCC(C)(C)CO)nc2ccccc21. The van der Waals surface area contributed by atoms with Gasteiger partial charge < -0.3 is 14.4 Å². The second-order valence-electron chi connectivity index (χ2n) is 5.39. The van der Waals surface area contributed by atoms with Crippen LogP contribution in [0.4, 0.5) is 0 Å². The molecule has 18 heavy (non-hydrogen) atoms. The first-order valence-electron chi connectivity index (χ1n) is 6.12. The second kappa shape index (κ2) is 5.08. The molecule has 0 unspecified atom stereocenters. The number of nitrogens with zero attached hydrogens (tertiary/aromatic N) is 2. The van der Waals surface area contributed by atoms with Gasteiger partial charge in [-0.1, -0.05) is 26.0 Å². The van der Waals surface area contributed by atoms with Crippen LogP contribution in [0.2, 0.25) is 0 Å². The van der Waals surface area contributed by atoms with Gasteiger partial charge in [-0.2, -0.15) is 0 Å². The molecule has 98 valence electrons. The van der Waals surface area contributed by atoms with Crippen molar-refractivity contribution in [3.63, 3.8) is 0 Å². The fourth-order valence-corrected chi connectivity index (χ4v) is 1.79. The molecular formula is C14H20N2O2. The maximum Gasteiger partial charge on any atom is 0.135 e. The van der Waals surface area contributed by atoms with Crippen LogP contribution >= 0.6 is 0 Å². The lowest BCUT2D eigenvalue weighted by atomic mass is 9.97. The van der Waals surface area contributed by atoms with Gasteiger partial charge >= 0.3 is 0 Å². The first kappa shape index (κ1) is 13.1. The summed E-state index contributed by atoms with van der Waals surface area (Å²) in [7, 11) is 1.99. The molecule has 1 N–H and O–H groups in total. The van der Waals surface area contributed by atoms with Crippen LogP contribution in [0.1, 0.15) is 19.7 Å². The average molecular weight is 248 g/mol. The van der Waals surface area contributed by atoms with Gasteiger partial charge in [-0.3, -0.25) is 0 Å². The third-order valence-corrected chi connectivity index (χ3v) is 3.03. The molecular weight excluding hydrogens is 228 g/mol. The Balaban J connectivity index is 2.06. The number of aromatic nitrogens is 2. The standard InChI is InChI=1S/C14H20N2O2/c1-14(2,9-17)10-18-8-13-15-11-6-4-5-7-12(11)16(13)3/h4-7,17H,8-10H2,1-3H3. The molecule has 0 atom stereocenters. The van der Waals surface area contributed by atoms with Crippen LogP contribution in [0.25, 0.3) is 11.0 Å². The first-order chi connectivity index (χ1) is 8.53. The van der Waals surface area contributed by atoms with Gasteiger partial charge in [0.15, 0.2) is 0 Å². The van der Waals surface area contributed by atoms with E-state index in [9.17, 15) is 0 Å². The van der Waals surface area contributed by atoms with Gasteiger partial charge in [0.2, 0.25) is 0 Å². The Morgan fingerprint density at radius 2 is 2.06 bits per heavy atom. The number of aliphatic hydroxyl groups excluding tert-OH is 1. The lowest BCUT2D eigenvalue weighted by Gasteiger charge is -2.20. The highest BCUT2D eigenvalue weighted by Crippen LogP contribution is 2.17. The van der Waals surface area contributed by atoms with Gasteiger partial charge in [-0.25, -0.2) is 4.98 Å². The summed E-state index contributed by atoms with van der Waals surface area (Å²) >= 11 is 0. The van der Waals surface area contributed by atoms with Crippen LogP contribution in [0.3, 0.4) is 0 Å². The zero-order chi connectivity index (χ0) is 13.2. The minimum atomic E-state index is -0.204. The van der Waals surface area contributed by atoms with Crippen molar-refractivity contribution in [2.45, 2.75) is 20.5 Å². The smallest absolute Gasteiger partial charge is 0.135 e. The Bertz CT molecular complexity index is 532. The molecule has 0 aliphatic heterocycles. The number of hydrogen-bond acceptors (Lipinski definition) is 3. The molecule has 0 saturated heterocycles. The highest BCUT2D eigenvalue weighted by Gasteiger charge is 2.17. The van der Waals surface area contributed by atoms with Gasteiger partial charge in [-0.05, 0) is 12.1 Å². The minimum absolute atomic E-state index is 0.121. The number of imidazole rings is 1. The zero-order valence-corrected chi connectivity index (χ0v) is 11.2. The molecule has 1 aromatic heterocycles. The molecule has 0 amide bonds. The Morgan fingerprint density at radius 3 is 2.72 bits per heavy atom. The highest BCUT2D eigenvalue weighted by molar-refractivity contribution is 5.75. The molecule has 2 aromatic rings. The summed E-state index contributed by atoms with van der Waals surface area (Å²) in [6, 6.07) is 8.03. The summed E-state index contributed by atoms with van der Waals surface area (Å²) in [5.41, 5.74) is 1.89. The largest absolute Gasteiger partial charge is 0.396 e. The Hall–Kier alpha value is -1.39. The minimum Gasteiger partial charge on any atom is -0.396 e. The van der Waals surface area contributed by atoms with Crippen molar-refractivity contribution in [1.29, 1.82) is 0 Å². The molecule has 0 spiro atoms. The number of ether oxygens (including phenoxy) is 1. The van der Waals surface area contributed by atoms with Crippen molar-refractivity contribution >= 4 is 11.0 Å². The maximum atomic E-state index is 9.16. The molecule has 4 nitrogen and oxygen atoms in total. The predicted molar refractivity (Wildman–Crippen MR) is 71.2 cm³/mol. The van der Waals surface area contributed by atoms with Crippen LogP contribution in [-0.2, 0) is 18.4 Å². The lowest BCUT2D eigenvalue weighted by Crippen LogP contribution is -2.23. The Kier molecular flexibility index (Phi) is 3.68. The highest BCUT2D eigenvalue weighted by atomic mass is 16.5. The summed E-state index contributed by atoms with van der Waals surface area (Å²) in [4.78, 5) is 4.53. The van der Waals surface area contributed by atoms with Gasteiger partial charge in [0, 0.05) is 12.5 Å². The maximum absolute atomic E-state index is 9.16. The zero-order valence-electron chi connectivity index (χ0n) is 11.2. The summed E-state index contributed by atoms with van der Waals surface area (Å²) in [5.74, 6) is 0.907. The molecule has 2 rings (SSSR count). The number of rotatable bonds is 5. The third-order valence-electron chi connectivity index (χ3n) is 3.03. The van der Waals surface area contributed by atoms with Crippen molar-refractivity contribution in [2.75, 3.05) is 13.2 Å². The van der Waals surface area contributed by atoms with Gasteiger partial charge in [0.05, 0.1) is 24.2 Å². The van der Waals surface area contributed by atoms with Crippen molar-refractivity contribution in [3.05, 3.63) is 30.1 Å². The van der Waals surface area contributed by atoms with E-state index >= 15 is 0 Å². The van der Waals surface area contributed by atoms with Crippen molar-refractivity contribution in [1.82, 2.24) is 9.55 Å². The van der Waals surface area contributed by atoms with Crippen LogP contribution in [-0.4, -0.2) is 27.9 Å². The Morgan fingerprint density at radius 1 is 1.33 bits per heavy atom. The molecule has 1 heterocycles. The number of benzene rings is 1. The van der Waals surface area contributed by atoms with E-state index < -0.39 is 0 Å². The van der Waals surface area contributed by atoms with Crippen LogP contribution in [0.5, 0.6) is 0 Å². The van der Waals surface area contributed by atoms with E-state index in [4.69, 9.17) is 9.84 Å². The van der Waals surface area contributed by atoms with Gasteiger partial charge in [-0.15, -0.1) is 0 Å². The van der Waals surface area contributed by atoms with E-state index in [2.05, 4.69) is 4.98 Å². The summed E-state index contributed by atoms with van der Waals surface area (Å²) < 4.78 is 7.69. The third kappa shape index (κ3) is 2.71. The van der Waals surface area contributed by atoms with Crippen molar-refractivity contribution < 1.29 is 9.84 Å². The quantitative estimate of drug-likeness (QED) is 0.881. The molecule has 0 radical (unpaired) electrons. The van der Waals surface area contributed by atoms with Crippen molar-refractivity contribution in [2.24, 2.45) is 12.5 Å². The topological polar surface area (TPSA) is 47.3 Å². The fourth-order valence-electron chi connectivity index (χ4n) is 1.79. The molecule has 4 heteroatoms.